The highest BCUT2D eigenvalue weighted by molar-refractivity contribution is 7.89. The van der Waals surface area contributed by atoms with Crippen LogP contribution in [0.25, 0.3) is 0 Å². The van der Waals surface area contributed by atoms with Crippen LogP contribution < -0.4 is 0 Å². The second-order valence-corrected chi connectivity index (χ2v) is 7.40. The quantitative estimate of drug-likeness (QED) is 0.884. The number of hydrogen-bond donors (Lipinski definition) is 1. The molecular formula is C14H19NO4S. The van der Waals surface area contributed by atoms with Crippen LogP contribution in [0.3, 0.4) is 0 Å². The summed E-state index contributed by atoms with van der Waals surface area (Å²) in [6, 6.07) is 8.35. The molecule has 2 fully saturated rings. The van der Waals surface area contributed by atoms with E-state index < -0.39 is 21.7 Å². The lowest BCUT2D eigenvalue weighted by molar-refractivity contribution is -0.117. The van der Waals surface area contributed by atoms with Crippen LogP contribution in [0.15, 0.2) is 35.2 Å². The molecule has 5 nitrogen and oxygen atoms in total. The van der Waals surface area contributed by atoms with E-state index in [9.17, 15) is 13.5 Å². The van der Waals surface area contributed by atoms with Crippen molar-refractivity contribution in [2.45, 2.75) is 35.9 Å². The van der Waals surface area contributed by atoms with Gasteiger partial charge >= 0.3 is 0 Å². The first kappa shape index (κ1) is 14.0. The Hall–Kier alpha value is -0.950. The van der Waals surface area contributed by atoms with E-state index in [0.717, 1.165) is 12.8 Å². The van der Waals surface area contributed by atoms with Crippen LogP contribution in [-0.2, 0) is 14.8 Å². The fraction of sp³-hybridized carbons (Fsp3) is 0.571. The highest BCUT2D eigenvalue weighted by Gasteiger charge is 2.47. The van der Waals surface area contributed by atoms with Crippen molar-refractivity contribution in [1.29, 1.82) is 0 Å². The average Bonchev–Trinajstić information content (AvgIpc) is 2.93. The lowest BCUT2D eigenvalue weighted by Crippen LogP contribution is -2.56. The Kier molecular flexibility index (Phi) is 3.58. The van der Waals surface area contributed by atoms with Crippen LogP contribution in [-0.4, -0.2) is 49.2 Å². The zero-order chi connectivity index (χ0) is 14.2. The molecule has 2 aliphatic heterocycles. The minimum Gasteiger partial charge on any atom is -0.389 e. The molecule has 1 spiro atoms. The van der Waals surface area contributed by atoms with Gasteiger partial charge in [0.2, 0.25) is 10.0 Å². The van der Waals surface area contributed by atoms with Crippen molar-refractivity contribution >= 4 is 10.0 Å². The van der Waals surface area contributed by atoms with Gasteiger partial charge in [-0.15, -0.1) is 0 Å². The van der Waals surface area contributed by atoms with Crippen LogP contribution in [0.2, 0.25) is 0 Å². The summed E-state index contributed by atoms with van der Waals surface area (Å²) in [6.07, 6.45) is 1.55. The Labute approximate surface area is 119 Å². The van der Waals surface area contributed by atoms with Crippen LogP contribution in [0.5, 0.6) is 0 Å². The highest BCUT2D eigenvalue weighted by atomic mass is 32.2. The van der Waals surface area contributed by atoms with Crippen molar-refractivity contribution < 1.29 is 18.3 Å². The SMILES string of the molecule is O=S(=O)(c1ccccc1)N1CC[C@@]2(CCCO2)[C@@H](O)C1. The van der Waals surface area contributed by atoms with Crippen LogP contribution >= 0.6 is 0 Å². The third-order valence-electron chi connectivity index (χ3n) is 4.28. The fourth-order valence-electron chi connectivity index (χ4n) is 3.07. The molecule has 0 unspecified atom stereocenters. The summed E-state index contributed by atoms with van der Waals surface area (Å²) in [5.74, 6) is 0. The number of nitrogens with zero attached hydrogens (tertiary/aromatic N) is 1. The molecule has 110 valence electrons. The van der Waals surface area contributed by atoms with Crippen molar-refractivity contribution in [2.24, 2.45) is 0 Å². The summed E-state index contributed by atoms with van der Waals surface area (Å²) in [4.78, 5) is 0.274. The maximum atomic E-state index is 12.5. The molecule has 0 aromatic heterocycles. The van der Waals surface area contributed by atoms with E-state index in [4.69, 9.17) is 4.74 Å². The fourth-order valence-corrected chi connectivity index (χ4v) is 4.54. The van der Waals surface area contributed by atoms with Crippen molar-refractivity contribution in [3.05, 3.63) is 30.3 Å². The van der Waals surface area contributed by atoms with Gasteiger partial charge in [0.1, 0.15) is 0 Å². The molecule has 3 rings (SSSR count). The van der Waals surface area contributed by atoms with E-state index in [1.165, 1.54) is 4.31 Å². The van der Waals surface area contributed by atoms with Gasteiger partial charge in [-0.05, 0) is 31.4 Å². The predicted octanol–water partition coefficient (Wildman–Crippen LogP) is 0.991. The van der Waals surface area contributed by atoms with Gasteiger partial charge in [0.25, 0.3) is 0 Å². The molecule has 0 radical (unpaired) electrons. The van der Waals surface area contributed by atoms with Gasteiger partial charge in [-0.1, -0.05) is 18.2 Å². The minimum atomic E-state index is -3.52. The van der Waals surface area contributed by atoms with Crippen molar-refractivity contribution in [3.8, 4) is 0 Å². The molecule has 0 aliphatic carbocycles. The predicted molar refractivity (Wildman–Crippen MR) is 73.7 cm³/mol. The molecule has 0 bridgehead atoms. The standard InChI is InChI=1S/C14H19NO4S/c16-13-11-15(9-8-14(13)7-4-10-19-14)20(17,18)12-5-2-1-3-6-12/h1-3,5-6,13,16H,4,7-11H2/t13-,14-/m0/s1. The van der Waals surface area contributed by atoms with Gasteiger partial charge in [-0.25, -0.2) is 8.42 Å². The second-order valence-electron chi connectivity index (χ2n) is 5.46. The molecule has 2 atom stereocenters. The zero-order valence-electron chi connectivity index (χ0n) is 11.2. The Morgan fingerprint density at radius 1 is 1.25 bits per heavy atom. The van der Waals surface area contributed by atoms with E-state index >= 15 is 0 Å². The number of ether oxygens (including phenoxy) is 1. The third-order valence-corrected chi connectivity index (χ3v) is 6.16. The molecule has 2 saturated heterocycles. The lowest BCUT2D eigenvalue weighted by atomic mass is 9.87. The maximum absolute atomic E-state index is 12.5. The van der Waals surface area contributed by atoms with Crippen LogP contribution in [0, 0.1) is 0 Å². The van der Waals surface area contributed by atoms with Gasteiger partial charge in [0.05, 0.1) is 16.6 Å². The zero-order valence-corrected chi connectivity index (χ0v) is 12.1. The summed E-state index contributed by atoms with van der Waals surface area (Å²) in [6.45, 7) is 1.16. The van der Waals surface area contributed by atoms with Gasteiger partial charge < -0.3 is 9.84 Å². The number of piperidine rings is 1. The normalized spacial score (nSPS) is 31.8. The summed E-state index contributed by atoms with van der Waals surface area (Å²) < 4.78 is 32.1. The number of benzene rings is 1. The molecule has 2 aliphatic rings. The first-order chi connectivity index (χ1) is 9.55. The van der Waals surface area contributed by atoms with E-state index in [1.54, 1.807) is 30.3 Å². The molecule has 6 heteroatoms. The van der Waals surface area contributed by atoms with Crippen molar-refractivity contribution in [3.63, 3.8) is 0 Å². The van der Waals surface area contributed by atoms with Crippen LogP contribution in [0.1, 0.15) is 19.3 Å². The van der Waals surface area contributed by atoms with Gasteiger partial charge in [-0.3, -0.25) is 0 Å². The topological polar surface area (TPSA) is 66.8 Å². The number of aliphatic hydroxyl groups excluding tert-OH is 1. The average molecular weight is 297 g/mol. The Balaban J connectivity index is 1.80. The van der Waals surface area contributed by atoms with Crippen molar-refractivity contribution in [1.82, 2.24) is 4.31 Å². The molecule has 20 heavy (non-hydrogen) atoms. The first-order valence-corrected chi connectivity index (χ1v) is 8.36. The van der Waals surface area contributed by atoms with E-state index in [0.29, 0.717) is 19.6 Å². The van der Waals surface area contributed by atoms with Gasteiger partial charge in [-0.2, -0.15) is 4.31 Å². The largest absolute Gasteiger partial charge is 0.389 e. The Bertz CT molecular complexity index is 566. The summed E-state index contributed by atoms with van der Waals surface area (Å²) in [5, 5.41) is 10.3. The molecule has 0 amide bonds. The maximum Gasteiger partial charge on any atom is 0.243 e. The molecule has 1 aromatic carbocycles. The molecule has 1 aromatic rings. The van der Waals surface area contributed by atoms with E-state index in [1.807, 2.05) is 0 Å². The Morgan fingerprint density at radius 2 is 2.00 bits per heavy atom. The van der Waals surface area contributed by atoms with E-state index in [2.05, 4.69) is 0 Å². The summed E-state index contributed by atoms with van der Waals surface area (Å²) in [5.41, 5.74) is -0.525. The monoisotopic (exact) mass is 297 g/mol. The number of hydrogen-bond acceptors (Lipinski definition) is 4. The highest BCUT2D eigenvalue weighted by Crippen LogP contribution is 2.37. The summed E-state index contributed by atoms with van der Waals surface area (Å²) >= 11 is 0. The number of sulfonamides is 1. The smallest absolute Gasteiger partial charge is 0.243 e. The van der Waals surface area contributed by atoms with Crippen LogP contribution in [0.4, 0.5) is 0 Å². The first-order valence-electron chi connectivity index (χ1n) is 6.92. The second kappa shape index (κ2) is 5.11. The Morgan fingerprint density at radius 3 is 2.60 bits per heavy atom. The van der Waals surface area contributed by atoms with Gasteiger partial charge in [0.15, 0.2) is 0 Å². The minimum absolute atomic E-state index is 0.108. The molecule has 2 heterocycles. The number of aliphatic hydroxyl groups is 1. The molecule has 0 saturated carbocycles. The number of β-amino-alcohol motifs (C(OH)–C–C–N with tert-alkyl or cyclic N) is 1. The lowest BCUT2D eigenvalue weighted by Gasteiger charge is -2.41. The number of rotatable bonds is 2. The van der Waals surface area contributed by atoms with Crippen molar-refractivity contribution in [2.75, 3.05) is 19.7 Å². The molecule has 1 N–H and O–H groups in total. The van der Waals surface area contributed by atoms with Gasteiger partial charge in [0, 0.05) is 19.7 Å². The van der Waals surface area contributed by atoms with E-state index in [-0.39, 0.29) is 11.4 Å². The summed E-state index contributed by atoms with van der Waals surface area (Å²) in [7, 11) is -3.52. The molecular weight excluding hydrogens is 278 g/mol. The third kappa shape index (κ3) is 2.26.